The average Bonchev–Trinajstić information content (AvgIpc) is 2.33. The zero-order chi connectivity index (χ0) is 14.4. The van der Waals surface area contributed by atoms with Crippen LogP contribution in [0.2, 0.25) is 0 Å². The van der Waals surface area contributed by atoms with Gasteiger partial charge in [0.15, 0.2) is 0 Å². The van der Waals surface area contributed by atoms with Crippen molar-refractivity contribution in [1.29, 1.82) is 0 Å². The molecule has 0 unspecified atom stereocenters. The van der Waals surface area contributed by atoms with Crippen molar-refractivity contribution in [2.24, 2.45) is 5.41 Å². The van der Waals surface area contributed by atoms with E-state index in [0.717, 1.165) is 38.8 Å². The molecule has 0 aliphatic heterocycles. The first kappa shape index (κ1) is 16.9. The van der Waals surface area contributed by atoms with Gasteiger partial charge in [-0.05, 0) is 44.2 Å². The average molecular weight is 291 g/mol. The molecule has 1 saturated carbocycles. The molecule has 0 aromatic heterocycles. The molecule has 1 rings (SSSR count). The zero-order valence-corrected chi connectivity index (χ0v) is 13.4. The van der Waals surface area contributed by atoms with Gasteiger partial charge in [-0.2, -0.15) is 12.7 Å². The largest absolute Gasteiger partial charge is 0.317 e. The smallest absolute Gasteiger partial charge is 0.279 e. The van der Waals surface area contributed by atoms with Crippen molar-refractivity contribution in [2.45, 2.75) is 46.0 Å². The zero-order valence-electron chi connectivity index (χ0n) is 12.5. The Labute approximate surface area is 118 Å². The summed E-state index contributed by atoms with van der Waals surface area (Å²) in [6.07, 6.45) is 5.42. The van der Waals surface area contributed by atoms with Gasteiger partial charge in [-0.3, -0.25) is 0 Å². The predicted octanol–water partition coefficient (Wildman–Crippen LogP) is 1.33. The quantitative estimate of drug-likeness (QED) is 0.597. The van der Waals surface area contributed by atoms with Crippen molar-refractivity contribution < 1.29 is 8.42 Å². The minimum absolute atomic E-state index is 0.220. The van der Waals surface area contributed by atoms with Crippen LogP contribution in [0, 0.1) is 5.41 Å². The van der Waals surface area contributed by atoms with Gasteiger partial charge in [-0.15, -0.1) is 0 Å². The Morgan fingerprint density at radius 3 is 2.42 bits per heavy atom. The van der Waals surface area contributed by atoms with Gasteiger partial charge >= 0.3 is 0 Å². The highest BCUT2D eigenvalue weighted by Crippen LogP contribution is 2.43. The molecule has 2 N–H and O–H groups in total. The Balaban J connectivity index is 2.33. The molecule has 19 heavy (non-hydrogen) atoms. The predicted molar refractivity (Wildman–Crippen MR) is 79.3 cm³/mol. The SMILES string of the molecule is CCNCCCN(C)S(=O)(=O)NCC1(CC)CCC1. The first-order valence-electron chi connectivity index (χ1n) is 7.37. The van der Waals surface area contributed by atoms with Gasteiger partial charge in [-0.25, -0.2) is 4.72 Å². The van der Waals surface area contributed by atoms with Crippen LogP contribution >= 0.6 is 0 Å². The van der Waals surface area contributed by atoms with Crippen LogP contribution in [0.25, 0.3) is 0 Å². The third-order valence-electron chi connectivity index (χ3n) is 4.28. The van der Waals surface area contributed by atoms with Crippen molar-refractivity contribution in [3.05, 3.63) is 0 Å². The van der Waals surface area contributed by atoms with E-state index < -0.39 is 10.2 Å². The number of hydrogen-bond donors (Lipinski definition) is 2. The molecule has 0 aromatic rings. The Morgan fingerprint density at radius 2 is 1.95 bits per heavy atom. The second kappa shape index (κ2) is 7.57. The minimum Gasteiger partial charge on any atom is -0.317 e. The van der Waals surface area contributed by atoms with Crippen LogP contribution in [0.5, 0.6) is 0 Å². The van der Waals surface area contributed by atoms with Crippen LogP contribution in [0.1, 0.15) is 46.0 Å². The van der Waals surface area contributed by atoms with Gasteiger partial charge in [0.2, 0.25) is 0 Å². The standard InChI is InChI=1S/C13H29N3O2S/c1-4-13(8-6-9-13)12-15-19(17,18)16(3)11-7-10-14-5-2/h14-15H,4-12H2,1-3H3. The first-order valence-corrected chi connectivity index (χ1v) is 8.81. The van der Waals surface area contributed by atoms with E-state index in [0.29, 0.717) is 13.1 Å². The first-order chi connectivity index (χ1) is 8.96. The molecular formula is C13H29N3O2S. The van der Waals surface area contributed by atoms with E-state index in [4.69, 9.17) is 0 Å². The maximum absolute atomic E-state index is 12.1. The maximum Gasteiger partial charge on any atom is 0.279 e. The molecule has 0 spiro atoms. The fourth-order valence-electron chi connectivity index (χ4n) is 2.41. The van der Waals surface area contributed by atoms with Gasteiger partial charge < -0.3 is 5.32 Å². The topological polar surface area (TPSA) is 61.4 Å². The van der Waals surface area contributed by atoms with E-state index in [-0.39, 0.29) is 5.41 Å². The molecule has 1 aliphatic carbocycles. The van der Waals surface area contributed by atoms with Crippen molar-refractivity contribution >= 4 is 10.2 Å². The molecule has 1 aliphatic rings. The lowest BCUT2D eigenvalue weighted by Gasteiger charge is -2.41. The molecule has 0 bridgehead atoms. The summed E-state index contributed by atoms with van der Waals surface area (Å²) in [4.78, 5) is 0. The lowest BCUT2D eigenvalue weighted by atomic mass is 9.67. The van der Waals surface area contributed by atoms with Crippen molar-refractivity contribution in [2.75, 3.05) is 33.2 Å². The van der Waals surface area contributed by atoms with E-state index >= 15 is 0 Å². The second-order valence-corrected chi connectivity index (χ2v) is 7.42. The highest BCUT2D eigenvalue weighted by molar-refractivity contribution is 7.87. The van der Waals surface area contributed by atoms with E-state index in [9.17, 15) is 8.42 Å². The van der Waals surface area contributed by atoms with Gasteiger partial charge in [0.05, 0.1) is 0 Å². The Morgan fingerprint density at radius 1 is 1.26 bits per heavy atom. The fourth-order valence-corrected chi connectivity index (χ4v) is 3.49. The lowest BCUT2D eigenvalue weighted by Crippen LogP contribution is -2.46. The monoisotopic (exact) mass is 291 g/mol. The fraction of sp³-hybridized carbons (Fsp3) is 1.00. The molecule has 114 valence electrons. The normalized spacial score (nSPS) is 18.5. The second-order valence-electron chi connectivity index (χ2n) is 5.56. The van der Waals surface area contributed by atoms with E-state index in [1.165, 1.54) is 10.7 Å². The molecule has 0 atom stereocenters. The molecule has 0 saturated heterocycles. The van der Waals surface area contributed by atoms with Gasteiger partial charge in [-0.1, -0.05) is 20.3 Å². The molecule has 6 heteroatoms. The highest BCUT2D eigenvalue weighted by atomic mass is 32.2. The highest BCUT2D eigenvalue weighted by Gasteiger charge is 2.36. The Kier molecular flexibility index (Phi) is 6.73. The van der Waals surface area contributed by atoms with Gasteiger partial charge in [0, 0.05) is 20.1 Å². The summed E-state index contributed by atoms with van der Waals surface area (Å²) < 4.78 is 28.4. The molecule has 1 fully saturated rings. The molecule has 5 nitrogen and oxygen atoms in total. The summed E-state index contributed by atoms with van der Waals surface area (Å²) in [5.74, 6) is 0. The third kappa shape index (κ3) is 5.02. The van der Waals surface area contributed by atoms with Crippen molar-refractivity contribution in [3.63, 3.8) is 0 Å². The van der Waals surface area contributed by atoms with E-state index in [1.807, 2.05) is 6.92 Å². The van der Waals surface area contributed by atoms with Crippen molar-refractivity contribution in [3.8, 4) is 0 Å². The third-order valence-corrected chi connectivity index (χ3v) is 5.79. The summed E-state index contributed by atoms with van der Waals surface area (Å²) in [7, 11) is -1.66. The Bertz CT molecular complexity index is 347. The molecule has 0 amide bonds. The van der Waals surface area contributed by atoms with Crippen LogP contribution < -0.4 is 10.0 Å². The summed E-state index contributed by atoms with van der Waals surface area (Å²) in [6, 6.07) is 0. The van der Waals surface area contributed by atoms with Crippen LogP contribution in [-0.4, -0.2) is 45.9 Å². The van der Waals surface area contributed by atoms with Crippen molar-refractivity contribution in [1.82, 2.24) is 14.3 Å². The molecule has 0 aromatic carbocycles. The van der Waals surface area contributed by atoms with Crippen LogP contribution in [0.4, 0.5) is 0 Å². The molecular weight excluding hydrogens is 262 g/mol. The Hall–Kier alpha value is -0.170. The number of nitrogens with one attached hydrogen (secondary N) is 2. The minimum atomic E-state index is -3.31. The van der Waals surface area contributed by atoms with Gasteiger partial charge in [0.1, 0.15) is 0 Å². The van der Waals surface area contributed by atoms with Crippen LogP contribution in [0.15, 0.2) is 0 Å². The van der Waals surface area contributed by atoms with Crippen LogP contribution in [0.3, 0.4) is 0 Å². The van der Waals surface area contributed by atoms with Gasteiger partial charge in [0.25, 0.3) is 10.2 Å². The number of nitrogens with zero attached hydrogens (tertiary/aromatic N) is 1. The van der Waals surface area contributed by atoms with Crippen LogP contribution in [-0.2, 0) is 10.2 Å². The van der Waals surface area contributed by atoms with E-state index in [2.05, 4.69) is 17.0 Å². The molecule has 0 radical (unpaired) electrons. The maximum atomic E-state index is 12.1. The summed E-state index contributed by atoms with van der Waals surface area (Å²) in [6.45, 7) is 7.12. The summed E-state index contributed by atoms with van der Waals surface area (Å²) >= 11 is 0. The summed E-state index contributed by atoms with van der Waals surface area (Å²) in [5, 5.41) is 3.20. The summed E-state index contributed by atoms with van der Waals surface area (Å²) in [5.41, 5.74) is 0.220. The molecule has 0 heterocycles. The number of rotatable bonds is 10. The van der Waals surface area contributed by atoms with E-state index in [1.54, 1.807) is 7.05 Å². The lowest BCUT2D eigenvalue weighted by molar-refractivity contribution is 0.132. The number of hydrogen-bond acceptors (Lipinski definition) is 3.